The van der Waals surface area contributed by atoms with Crippen molar-refractivity contribution >= 4 is 5.91 Å². The average Bonchev–Trinajstić information content (AvgIpc) is 3.21. The Morgan fingerprint density at radius 1 is 1.15 bits per heavy atom. The Morgan fingerprint density at radius 2 is 1.96 bits per heavy atom. The van der Waals surface area contributed by atoms with Gasteiger partial charge in [0.05, 0.1) is 13.2 Å². The van der Waals surface area contributed by atoms with E-state index in [4.69, 9.17) is 10.5 Å². The SMILES string of the molecule is COc1ccc2c(c1)CN(C(=O)[C@@H]1CCC[C@@H]1CN)C(c1ccccc1)C2. The predicted octanol–water partition coefficient (Wildman–Crippen LogP) is 3.70. The number of hydrogen-bond donors (Lipinski definition) is 1. The number of hydrogen-bond acceptors (Lipinski definition) is 3. The summed E-state index contributed by atoms with van der Waals surface area (Å²) in [7, 11) is 1.69. The number of benzene rings is 2. The molecule has 3 atom stereocenters. The Morgan fingerprint density at radius 3 is 2.70 bits per heavy atom. The highest BCUT2D eigenvalue weighted by Crippen LogP contribution is 2.39. The molecule has 2 aromatic rings. The van der Waals surface area contributed by atoms with Crippen LogP contribution in [0.4, 0.5) is 0 Å². The molecule has 1 aliphatic carbocycles. The molecule has 1 heterocycles. The molecule has 2 aliphatic rings. The summed E-state index contributed by atoms with van der Waals surface area (Å²) in [5.41, 5.74) is 9.66. The van der Waals surface area contributed by atoms with Crippen LogP contribution in [-0.2, 0) is 17.8 Å². The zero-order chi connectivity index (χ0) is 18.8. The quantitative estimate of drug-likeness (QED) is 0.900. The molecule has 1 aliphatic heterocycles. The van der Waals surface area contributed by atoms with Gasteiger partial charge in [0, 0.05) is 12.5 Å². The van der Waals surface area contributed by atoms with Gasteiger partial charge >= 0.3 is 0 Å². The smallest absolute Gasteiger partial charge is 0.226 e. The molecular formula is C23H28N2O2. The number of carbonyl (C=O) groups excluding carboxylic acids is 1. The highest BCUT2D eigenvalue weighted by molar-refractivity contribution is 5.80. The molecule has 1 fully saturated rings. The van der Waals surface area contributed by atoms with Gasteiger partial charge in [-0.3, -0.25) is 4.79 Å². The van der Waals surface area contributed by atoms with Crippen LogP contribution in [-0.4, -0.2) is 24.5 Å². The Kier molecular flexibility index (Phi) is 5.17. The van der Waals surface area contributed by atoms with Crippen molar-refractivity contribution in [1.82, 2.24) is 4.90 Å². The topological polar surface area (TPSA) is 55.6 Å². The number of nitrogens with two attached hydrogens (primary N) is 1. The minimum Gasteiger partial charge on any atom is -0.497 e. The number of fused-ring (bicyclic) bond motifs is 1. The van der Waals surface area contributed by atoms with E-state index < -0.39 is 0 Å². The Bertz CT molecular complexity index is 805. The van der Waals surface area contributed by atoms with Crippen molar-refractivity contribution in [3.8, 4) is 5.75 Å². The zero-order valence-corrected chi connectivity index (χ0v) is 15.9. The van der Waals surface area contributed by atoms with E-state index >= 15 is 0 Å². The van der Waals surface area contributed by atoms with Gasteiger partial charge in [0.1, 0.15) is 5.75 Å². The van der Waals surface area contributed by atoms with Crippen molar-refractivity contribution in [2.45, 2.75) is 38.3 Å². The summed E-state index contributed by atoms with van der Waals surface area (Å²) in [6.07, 6.45) is 3.98. The summed E-state index contributed by atoms with van der Waals surface area (Å²) in [4.78, 5) is 15.6. The number of amides is 1. The first-order valence-corrected chi connectivity index (χ1v) is 9.92. The van der Waals surface area contributed by atoms with E-state index in [1.165, 1.54) is 16.7 Å². The van der Waals surface area contributed by atoms with Crippen LogP contribution >= 0.6 is 0 Å². The second-order valence-corrected chi connectivity index (χ2v) is 7.76. The number of methoxy groups -OCH3 is 1. The van der Waals surface area contributed by atoms with E-state index in [1.54, 1.807) is 7.11 Å². The summed E-state index contributed by atoms with van der Waals surface area (Å²) >= 11 is 0. The van der Waals surface area contributed by atoms with E-state index in [0.717, 1.165) is 31.4 Å². The van der Waals surface area contributed by atoms with Crippen LogP contribution in [0.25, 0.3) is 0 Å². The first-order chi connectivity index (χ1) is 13.2. The fourth-order valence-corrected chi connectivity index (χ4v) is 4.75. The molecule has 0 aromatic heterocycles. The van der Waals surface area contributed by atoms with Crippen LogP contribution in [0.15, 0.2) is 48.5 Å². The first-order valence-electron chi connectivity index (χ1n) is 9.92. The van der Waals surface area contributed by atoms with Crippen molar-refractivity contribution in [1.29, 1.82) is 0 Å². The third-order valence-corrected chi connectivity index (χ3v) is 6.29. The second-order valence-electron chi connectivity index (χ2n) is 7.76. The molecule has 27 heavy (non-hydrogen) atoms. The highest BCUT2D eigenvalue weighted by atomic mass is 16.5. The van der Waals surface area contributed by atoms with Gasteiger partial charge in [0.2, 0.25) is 5.91 Å². The van der Waals surface area contributed by atoms with Crippen LogP contribution in [0.1, 0.15) is 42.0 Å². The van der Waals surface area contributed by atoms with Crippen LogP contribution in [0.3, 0.4) is 0 Å². The summed E-state index contributed by atoms with van der Waals surface area (Å²) in [5.74, 6) is 1.50. The number of ether oxygens (including phenoxy) is 1. The molecule has 0 spiro atoms. The van der Waals surface area contributed by atoms with Gasteiger partial charge < -0.3 is 15.4 Å². The lowest BCUT2D eigenvalue weighted by Gasteiger charge is -2.39. The summed E-state index contributed by atoms with van der Waals surface area (Å²) in [5, 5.41) is 0. The lowest BCUT2D eigenvalue weighted by atomic mass is 9.87. The van der Waals surface area contributed by atoms with E-state index in [-0.39, 0.29) is 17.9 Å². The second kappa shape index (κ2) is 7.73. The van der Waals surface area contributed by atoms with Crippen molar-refractivity contribution in [3.63, 3.8) is 0 Å². The molecule has 142 valence electrons. The van der Waals surface area contributed by atoms with E-state index in [0.29, 0.717) is 19.0 Å². The minimum absolute atomic E-state index is 0.0633. The molecule has 0 bridgehead atoms. The number of rotatable bonds is 4. The van der Waals surface area contributed by atoms with E-state index in [2.05, 4.69) is 41.3 Å². The fraction of sp³-hybridized carbons (Fsp3) is 0.435. The molecule has 4 nitrogen and oxygen atoms in total. The summed E-state index contributed by atoms with van der Waals surface area (Å²) in [6.45, 7) is 1.24. The van der Waals surface area contributed by atoms with Gasteiger partial charge in [-0.1, -0.05) is 42.8 Å². The van der Waals surface area contributed by atoms with Crippen molar-refractivity contribution in [2.24, 2.45) is 17.6 Å². The molecule has 0 radical (unpaired) electrons. The molecule has 4 heteroatoms. The van der Waals surface area contributed by atoms with Crippen LogP contribution in [0.2, 0.25) is 0 Å². The fourth-order valence-electron chi connectivity index (χ4n) is 4.75. The lowest BCUT2D eigenvalue weighted by Crippen LogP contribution is -2.43. The molecule has 2 aromatic carbocycles. The van der Waals surface area contributed by atoms with E-state index in [9.17, 15) is 4.79 Å². The Labute approximate surface area is 161 Å². The molecule has 0 saturated heterocycles. The van der Waals surface area contributed by atoms with Gasteiger partial charge in [0.15, 0.2) is 0 Å². The highest BCUT2D eigenvalue weighted by Gasteiger charge is 2.39. The number of carbonyl (C=O) groups is 1. The molecule has 1 amide bonds. The maximum atomic E-state index is 13.6. The van der Waals surface area contributed by atoms with Gasteiger partial charge in [-0.2, -0.15) is 0 Å². The van der Waals surface area contributed by atoms with E-state index in [1.807, 2.05) is 12.1 Å². The Hall–Kier alpha value is -2.33. The van der Waals surface area contributed by atoms with Crippen LogP contribution < -0.4 is 10.5 Å². The first kappa shape index (κ1) is 18.1. The van der Waals surface area contributed by atoms with Crippen molar-refractivity contribution < 1.29 is 9.53 Å². The molecule has 1 saturated carbocycles. The monoisotopic (exact) mass is 364 g/mol. The molecular weight excluding hydrogens is 336 g/mol. The van der Waals surface area contributed by atoms with Gasteiger partial charge in [0.25, 0.3) is 0 Å². The van der Waals surface area contributed by atoms with Crippen LogP contribution in [0.5, 0.6) is 5.75 Å². The minimum atomic E-state index is 0.0633. The third-order valence-electron chi connectivity index (χ3n) is 6.29. The van der Waals surface area contributed by atoms with Gasteiger partial charge in [-0.25, -0.2) is 0 Å². The maximum absolute atomic E-state index is 13.6. The predicted molar refractivity (Wildman–Crippen MR) is 106 cm³/mol. The summed E-state index contributed by atoms with van der Waals surface area (Å²) < 4.78 is 5.40. The molecule has 4 rings (SSSR count). The molecule has 1 unspecified atom stereocenters. The number of nitrogens with zero attached hydrogens (tertiary/aromatic N) is 1. The van der Waals surface area contributed by atoms with Gasteiger partial charge in [-0.05, 0) is 60.5 Å². The van der Waals surface area contributed by atoms with Crippen molar-refractivity contribution in [3.05, 3.63) is 65.2 Å². The third kappa shape index (κ3) is 3.46. The lowest BCUT2D eigenvalue weighted by molar-refractivity contribution is -0.140. The maximum Gasteiger partial charge on any atom is 0.226 e. The van der Waals surface area contributed by atoms with Crippen LogP contribution in [0, 0.1) is 11.8 Å². The standard InChI is InChI=1S/C23H28N2O2/c1-27-20-11-10-17-13-22(16-6-3-2-4-7-16)25(15-19(17)12-20)23(26)21-9-5-8-18(21)14-24/h2-4,6-7,10-12,18,21-22H,5,8-9,13-15,24H2,1H3/t18-,21-,22?/m1/s1. The van der Waals surface area contributed by atoms with Gasteiger partial charge in [-0.15, -0.1) is 0 Å². The average molecular weight is 364 g/mol. The molecule has 2 N–H and O–H groups in total. The largest absolute Gasteiger partial charge is 0.497 e. The zero-order valence-electron chi connectivity index (χ0n) is 15.9. The summed E-state index contributed by atoms with van der Waals surface area (Å²) in [6, 6.07) is 16.7. The van der Waals surface area contributed by atoms with Crippen molar-refractivity contribution in [2.75, 3.05) is 13.7 Å². The normalized spacial score (nSPS) is 24.5. The Balaban J connectivity index is 1.70.